The van der Waals surface area contributed by atoms with Gasteiger partial charge in [0.1, 0.15) is 0 Å². The van der Waals surface area contributed by atoms with E-state index in [1.807, 2.05) is 6.92 Å². The first-order valence-electron chi connectivity index (χ1n) is 5.58. The molecule has 0 aliphatic rings. The summed E-state index contributed by atoms with van der Waals surface area (Å²) in [6, 6.07) is 3.47. The van der Waals surface area contributed by atoms with E-state index >= 15 is 0 Å². The van der Waals surface area contributed by atoms with E-state index in [1.54, 1.807) is 0 Å². The fourth-order valence-electron chi connectivity index (χ4n) is 1.47. The lowest BCUT2D eigenvalue weighted by Gasteiger charge is -2.01. The van der Waals surface area contributed by atoms with Crippen LogP contribution in [0.4, 0.5) is 8.78 Å². The molecule has 1 aromatic carbocycles. The molecule has 4 nitrogen and oxygen atoms in total. The third-order valence-corrected chi connectivity index (χ3v) is 2.57. The van der Waals surface area contributed by atoms with E-state index in [9.17, 15) is 8.78 Å². The average Bonchev–Trinajstić information content (AvgIpc) is 2.81. The van der Waals surface area contributed by atoms with Crippen LogP contribution in [-0.4, -0.2) is 16.7 Å². The van der Waals surface area contributed by atoms with Crippen molar-refractivity contribution in [1.29, 1.82) is 0 Å². The summed E-state index contributed by atoms with van der Waals surface area (Å²) >= 11 is 0. The predicted octanol–water partition coefficient (Wildman–Crippen LogP) is 2.15. The average molecular weight is 253 g/mol. The molecule has 1 atom stereocenters. The van der Waals surface area contributed by atoms with E-state index in [0.29, 0.717) is 24.4 Å². The van der Waals surface area contributed by atoms with Crippen molar-refractivity contribution in [2.45, 2.75) is 13.3 Å². The highest BCUT2D eigenvalue weighted by Gasteiger charge is 2.13. The fraction of sp³-hybridized carbons (Fsp3) is 0.333. The van der Waals surface area contributed by atoms with Crippen molar-refractivity contribution in [1.82, 2.24) is 10.1 Å². The van der Waals surface area contributed by atoms with E-state index in [2.05, 4.69) is 10.1 Å². The number of halogens is 2. The summed E-state index contributed by atoms with van der Waals surface area (Å²) in [7, 11) is 0. The maximum absolute atomic E-state index is 13.1. The van der Waals surface area contributed by atoms with Gasteiger partial charge in [0.25, 0.3) is 0 Å². The maximum Gasteiger partial charge on any atom is 0.227 e. The van der Waals surface area contributed by atoms with Crippen LogP contribution in [0.2, 0.25) is 0 Å². The summed E-state index contributed by atoms with van der Waals surface area (Å²) in [5, 5.41) is 3.73. The lowest BCUT2D eigenvalue weighted by Crippen LogP contribution is -2.13. The highest BCUT2D eigenvalue weighted by atomic mass is 19.2. The van der Waals surface area contributed by atoms with Crippen molar-refractivity contribution >= 4 is 0 Å². The van der Waals surface area contributed by atoms with Crippen molar-refractivity contribution < 1.29 is 13.3 Å². The van der Waals surface area contributed by atoms with Gasteiger partial charge in [0.15, 0.2) is 11.6 Å². The zero-order valence-electron chi connectivity index (χ0n) is 9.86. The molecule has 0 amide bonds. The Morgan fingerprint density at radius 2 is 2.11 bits per heavy atom. The topological polar surface area (TPSA) is 64.9 Å². The highest BCUT2D eigenvalue weighted by molar-refractivity contribution is 5.54. The minimum Gasteiger partial charge on any atom is -0.339 e. The number of nitrogens with zero attached hydrogens (tertiary/aromatic N) is 2. The van der Waals surface area contributed by atoms with Crippen LogP contribution < -0.4 is 5.73 Å². The molecule has 96 valence electrons. The molecule has 1 aromatic heterocycles. The number of nitrogens with two attached hydrogens (primary N) is 1. The van der Waals surface area contributed by atoms with E-state index in [1.165, 1.54) is 6.07 Å². The van der Waals surface area contributed by atoms with Crippen LogP contribution >= 0.6 is 0 Å². The molecule has 18 heavy (non-hydrogen) atoms. The van der Waals surface area contributed by atoms with Crippen molar-refractivity contribution in [2.75, 3.05) is 6.54 Å². The molecule has 1 heterocycles. The molecule has 0 fully saturated rings. The highest BCUT2D eigenvalue weighted by Crippen LogP contribution is 2.19. The Morgan fingerprint density at radius 1 is 1.33 bits per heavy atom. The lowest BCUT2D eigenvalue weighted by molar-refractivity contribution is 0.359. The molecule has 1 unspecified atom stereocenters. The lowest BCUT2D eigenvalue weighted by atomic mass is 10.1. The Kier molecular flexibility index (Phi) is 3.66. The van der Waals surface area contributed by atoms with Crippen LogP contribution in [0.25, 0.3) is 11.4 Å². The van der Waals surface area contributed by atoms with Gasteiger partial charge in [0.05, 0.1) is 0 Å². The Balaban J connectivity index is 2.21. The summed E-state index contributed by atoms with van der Waals surface area (Å²) < 4.78 is 30.9. The Morgan fingerprint density at radius 3 is 2.78 bits per heavy atom. The molecule has 0 saturated carbocycles. The molecule has 0 aliphatic heterocycles. The molecular weight excluding hydrogens is 240 g/mol. The number of rotatable bonds is 4. The first kappa shape index (κ1) is 12.6. The molecular formula is C12H13F2N3O. The van der Waals surface area contributed by atoms with Gasteiger partial charge in [-0.1, -0.05) is 12.1 Å². The molecule has 0 saturated heterocycles. The van der Waals surface area contributed by atoms with E-state index in [-0.39, 0.29) is 11.7 Å². The zero-order valence-corrected chi connectivity index (χ0v) is 9.86. The third kappa shape index (κ3) is 2.70. The number of hydrogen-bond donors (Lipinski definition) is 1. The molecule has 0 spiro atoms. The first-order valence-corrected chi connectivity index (χ1v) is 5.58. The number of benzene rings is 1. The summed E-state index contributed by atoms with van der Waals surface area (Å²) in [6.45, 7) is 2.48. The summed E-state index contributed by atoms with van der Waals surface area (Å²) in [5.41, 5.74) is 5.87. The largest absolute Gasteiger partial charge is 0.339 e. The summed E-state index contributed by atoms with van der Waals surface area (Å²) in [6.07, 6.45) is 0.563. The number of aromatic nitrogens is 2. The van der Waals surface area contributed by atoms with Crippen LogP contribution in [0.1, 0.15) is 12.8 Å². The van der Waals surface area contributed by atoms with Gasteiger partial charge in [0, 0.05) is 12.0 Å². The maximum atomic E-state index is 13.1. The van der Waals surface area contributed by atoms with Gasteiger partial charge in [-0.3, -0.25) is 0 Å². The summed E-state index contributed by atoms with van der Waals surface area (Å²) in [4.78, 5) is 4.12. The van der Waals surface area contributed by atoms with Crippen molar-refractivity contribution in [3.05, 3.63) is 35.7 Å². The Bertz CT molecular complexity index is 542. The molecule has 6 heteroatoms. The molecule has 0 aliphatic carbocycles. The second kappa shape index (κ2) is 5.22. The standard InChI is InChI=1S/C12H13F2N3O/c1-7(6-15)4-11-16-12(17-18-11)8-2-3-9(13)10(14)5-8/h2-3,5,7H,4,6,15H2,1H3. The second-order valence-electron chi connectivity index (χ2n) is 4.19. The minimum absolute atomic E-state index is 0.225. The van der Waals surface area contributed by atoms with Crippen molar-refractivity contribution in [3.63, 3.8) is 0 Å². The van der Waals surface area contributed by atoms with Gasteiger partial charge in [0.2, 0.25) is 11.7 Å². The molecule has 0 bridgehead atoms. The second-order valence-corrected chi connectivity index (χ2v) is 4.19. The van der Waals surface area contributed by atoms with Crippen LogP contribution in [0.15, 0.2) is 22.7 Å². The van der Waals surface area contributed by atoms with E-state index in [0.717, 1.165) is 12.1 Å². The molecule has 2 rings (SSSR count). The van der Waals surface area contributed by atoms with Gasteiger partial charge in [-0.25, -0.2) is 8.78 Å². The van der Waals surface area contributed by atoms with Gasteiger partial charge in [-0.05, 0) is 30.7 Å². The molecule has 0 radical (unpaired) electrons. The normalized spacial score (nSPS) is 12.7. The van der Waals surface area contributed by atoms with Crippen LogP contribution in [-0.2, 0) is 6.42 Å². The summed E-state index contributed by atoms with van der Waals surface area (Å²) in [5.74, 6) is -0.933. The van der Waals surface area contributed by atoms with Gasteiger partial charge < -0.3 is 10.3 Å². The number of hydrogen-bond acceptors (Lipinski definition) is 4. The van der Waals surface area contributed by atoms with Gasteiger partial charge in [-0.15, -0.1) is 0 Å². The zero-order chi connectivity index (χ0) is 13.1. The monoisotopic (exact) mass is 253 g/mol. The fourth-order valence-corrected chi connectivity index (χ4v) is 1.47. The Labute approximate surface area is 103 Å². The van der Waals surface area contributed by atoms with Gasteiger partial charge >= 0.3 is 0 Å². The third-order valence-electron chi connectivity index (χ3n) is 2.57. The quantitative estimate of drug-likeness (QED) is 0.906. The Hall–Kier alpha value is -1.82. The van der Waals surface area contributed by atoms with Crippen LogP contribution in [0.5, 0.6) is 0 Å². The molecule has 2 aromatic rings. The predicted molar refractivity (Wildman–Crippen MR) is 61.6 cm³/mol. The van der Waals surface area contributed by atoms with Crippen molar-refractivity contribution in [2.24, 2.45) is 11.7 Å². The first-order chi connectivity index (χ1) is 8.60. The smallest absolute Gasteiger partial charge is 0.227 e. The van der Waals surface area contributed by atoms with Crippen LogP contribution in [0.3, 0.4) is 0 Å². The minimum atomic E-state index is -0.936. The van der Waals surface area contributed by atoms with E-state index < -0.39 is 11.6 Å². The molecule has 2 N–H and O–H groups in total. The van der Waals surface area contributed by atoms with Gasteiger partial charge in [-0.2, -0.15) is 4.98 Å². The van der Waals surface area contributed by atoms with E-state index in [4.69, 9.17) is 10.3 Å². The van der Waals surface area contributed by atoms with Crippen LogP contribution in [0, 0.1) is 17.6 Å². The van der Waals surface area contributed by atoms with Crippen molar-refractivity contribution in [3.8, 4) is 11.4 Å². The SMILES string of the molecule is CC(CN)Cc1nc(-c2ccc(F)c(F)c2)no1.